The number of methoxy groups -OCH3 is 1. The van der Waals surface area contributed by atoms with Gasteiger partial charge in [0.05, 0.1) is 12.0 Å². The highest BCUT2D eigenvalue weighted by Crippen LogP contribution is 2.18. The number of hydrogen-bond donors (Lipinski definition) is 2. The fourth-order valence-electron chi connectivity index (χ4n) is 1.81. The van der Waals surface area contributed by atoms with Crippen LogP contribution >= 0.6 is 0 Å². The Morgan fingerprint density at radius 3 is 2.57 bits per heavy atom. The van der Waals surface area contributed by atoms with Gasteiger partial charge in [-0.2, -0.15) is 0 Å². The number of aliphatic carboxylic acids is 1. The quantitative estimate of drug-likeness (QED) is 0.790. The van der Waals surface area contributed by atoms with Gasteiger partial charge in [-0.05, 0) is 50.1 Å². The molecule has 1 rings (SSSR count). The van der Waals surface area contributed by atoms with Gasteiger partial charge in [-0.1, -0.05) is 6.07 Å². The van der Waals surface area contributed by atoms with Crippen molar-refractivity contribution < 1.29 is 19.4 Å². The third kappa shape index (κ3) is 6.23. The summed E-state index contributed by atoms with van der Waals surface area (Å²) >= 11 is 0. The summed E-state index contributed by atoms with van der Waals surface area (Å²) in [4.78, 5) is 22.5. The van der Waals surface area contributed by atoms with Crippen LogP contribution in [0.4, 0.5) is 5.69 Å². The van der Waals surface area contributed by atoms with E-state index in [2.05, 4.69) is 5.32 Å². The maximum Gasteiger partial charge on any atom is 0.328 e. The van der Waals surface area contributed by atoms with Gasteiger partial charge in [-0.25, -0.2) is 4.79 Å². The van der Waals surface area contributed by atoms with Crippen molar-refractivity contribution in [3.8, 4) is 0 Å². The molecule has 2 N–H and O–H groups in total. The van der Waals surface area contributed by atoms with E-state index >= 15 is 0 Å². The second-order valence-electron chi connectivity index (χ2n) is 5.49. The van der Waals surface area contributed by atoms with E-state index in [0.29, 0.717) is 5.69 Å². The Morgan fingerprint density at radius 2 is 2.00 bits per heavy atom. The molecule has 0 saturated heterocycles. The van der Waals surface area contributed by atoms with Crippen LogP contribution in [0, 0.1) is 6.92 Å². The molecule has 0 aromatic heterocycles. The summed E-state index contributed by atoms with van der Waals surface area (Å²) in [5, 5.41) is 11.4. The molecule has 5 nitrogen and oxygen atoms in total. The molecule has 0 unspecified atom stereocenters. The summed E-state index contributed by atoms with van der Waals surface area (Å²) in [6.07, 6.45) is 2.79. The lowest BCUT2D eigenvalue weighted by atomic mass is 10.0. The van der Waals surface area contributed by atoms with Crippen molar-refractivity contribution in [1.29, 1.82) is 0 Å². The molecule has 1 aromatic carbocycles. The van der Waals surface area contributed by atoms with E-state index in [9.17, 15) is 9.59 Å². The number of amides is 1. The van der Waals surface area contributed by atoms with Crippen LogP contribution in [-0.4, -0.2) is 29.7 Å². The molecule has 21 heavy (non-hydrogen) atoms. The molecule has 0 aliphatic heterocycles. The first-order chi connectivity index (χ1) is 9.71. The van der Waals surface area contributed by atoms with Crippen molar-refractivity contribution in [2.75, 3.05) is 12.4 Å². The molecule has 1 amide bonds. The van der Waals surface area contributed by atoms with Gasteiger partial charge in [-0.15, -0.1) is 0 Å². The highest BCUT2D eigenvalue weighted by molar-refractivity contribution is 5.92. The standard InChI is InChI=1S/C16H21NO4/c1-11-7-12(5-6-15(19)20)9-13(8-11)17-14(18)10-16(2,3)21-4/h5-9H,10H2,1-4H3,(H,17,18)(H,19,20)/b6-5+. The first kappa shape index (κ1) is 16.9. The summed E-state index contributed by atoms with van der Waals surface area (Å²) in [7, 11) is 1.56. The third-order valence-corrected chi connectivity index (χ3v) is 2.94. The number of rotatable bonds is 6. The number of carbonyl (C=O) groups excluding carboxylic acids is 1. The number of anilines is 1. The van der Waals surface area contributed by atoms with E-state index in [1.54, 1.807) is 13.2 Å². The average molecular weight is 291 g/mol. The SMILES string of the molecule is COC(C)(C)CC(=O)Nc1cc(C)cc(/C=C/C(=O)O)c1. The molecule has 5 heteroatoms. The van der Waals surface area contributed by atoms with E-state index in [1.807, 2.05) is 32.9 Å². The van der Waals surface area contributed by atoms with Gasteiger partial charge >= 0.3 is 5.97 Å². The van der Waals surface area contributed by atoms with Crippen LogP contribution in [0.25, 0.3) is 6.08 Å². The zero-order valence-electron chi connectivity index (χ0n) is 12.8. The topological polar surface area (TPSA) is 75.6 Å². The van der Waals surface area contributed by atoms with Crippen molar-refractivity contribution in [2.45, 2.75) is 32.8 Å². The van der Waals surface area contributed by atoms with Crippen LogP contribution < -0.4 is 5.32 Å². The maximum absolute atomic E-state index is 12.0. The molecular formula is C16H21NO4. The summed E-state index contributed by atoms with van der Waals surface area (Å²) in [6, 6.07) is 5.40. The van der Waals surface area contributed by atoms with Crippen LogP contribution in [0.1, 0.15) is 31.4 Å². The number of hydrogen-bond acceptors (Lipinski definition) is 3. The number of ether oxygens (including phenoxy) is 1. The molecule has 0 aliphatic carbocycles. The molecule has 0 bridgehead atoms. The van der Waals surface area contributed by atoms with Gasteiger partial charge in [0.25, 0.3) is 0 Å². The van der Waals surface area contributed by atoms with E-state index in [1.165, 1.54) is 6.08 Å². The Labute approximate surface area is 124 Å². The third-order valence-electron chi connectivity index (χ3n) is 2.94. The minimum absolute atomic E-state index is 0.152. The van der Waals surface area contributed by atoms with Gasteiger partial charge in [0.1, 0.15) is 0 Å². The molecule has 0 spiro atoms. The molecule has 0 saturated carbocycles. The Kier molecular flexibility index (Phi) is 5.67. The van der Waals surface area contributed by atoms with Crippen LogP contribution in [0.2, 0.25) is 0 Å². The van der Waals surface area contributed by atoms with Crippen LogP contribution in [0.5, 0.6) is 0 Å². The van der Waals surface area contributed by atoms with Crippen molar-refractivity contribution in [2.24, 2.45) is 0 Å². The molecule has 1 aromatic rings. The molecule has 114 valence electrons. The summed E-state index contributed by atoms with van der Waals surface area (Å²) in [5.74, 6) is -1.16. The average Bonchev–Trinajstić information content (AvgIpc) is 2.35. The van der Waals surface area contributed by atoms with Gasteiger partial charge in [0.15, 0.2) is 0 Å². The molecule has 0 atom stereocenters. The van der Waals surface area contributed by atoms with Crippen LogP contribution in [0.15, 0.2) is 24.3 Å². The summed E-state index contributed by atoms with van der Waals surface area (Å²) < 4.78 is 5.22. The number of aryl methyl sites for hydroxylation is 1. The first-order valence-electron chi connectivity index (χ1n) is 6.59. The highest BCUT2D eigenvalue weighted by Gasteiger charge is 2.21. The maximum atomic E-state index is 12.0. The lowest BCUT2D eigenvalue weighted by Gasteiger charge is -2.22. The zero-order valence-corrected chi connectivity index (χ0v) is 12.8. The predicted octanol–water partition coefficient (Wildman–Crippen LogP) is 2.85. The number of carboxylic acid groups (broad SMARTS) is 1. The van der Waals surface area contributed by atoms with Gasteiger partial charge in [0.2, 0.25) is 5.91 Å². The predicted molar refractivity (Wildman–Crippen MR) is 82.2 cm³/mol. The van der Waals surface area contributed by atoms with E-state index in [0.717, 1.165) is 17.2 Å². The molecule has 0 heterocycles. The number of carboxylic acids is 1. The molecule has 0 fully saturated rings. The minimum atomic E-state index is -1.01. The zero-order chi connectivity index (χ0) is 16.0. The Morgan fingerprint density at radius 1 is 1.33 bits per heavy atom. The first-order valence-corrected chi connectivity index (χ1v) is 6.59. The smallest absolute Gasteiger partial charge is 0.328 e. The van der Waals surface area contributed by atoms with Crippen molar-refractivity contribution >= 4 is 23.6 Å². The largest absolute Gasteiger partial charge is 0.478 e. The fraction of sp³-hybridized carbons (Fsp3) is 0.375. The lowest BCUT2D eigenvalue weighted by molar-refractivity contribution is -0.131. The molecular weight excluding hydrogens is 270 g/mol. The van der Waals surface area contributed by atoms with E-state index < -0.39 is 11.6 Å². The van der Waals surface area contributed by atoms with Gasteiger partial charge < -0.3 is 15.2 Å². The molecule has 0 aliphatic rings. The number of nitrogens with one attached hydrogen (secondary N) is 1. The van der Waals surface area contributed by atoms with Crippen LogP contribution in [0.3, 0.4) is 0 Å². The van der Waals surface area contributed by atoms with Crippen molar-refractivity contribution in [1.82, 2.24) is 0 Å². The monoisotopic (exact) mass is 291 g/mol. The molecule has 0 radical (unpaired) electrons. The highest BCUT2D eigenvalue weighted by atomic mass is 16.5. The lowest BCUT2D eigenvalue weighted by Crippen LogP contribution is -2.29. The minimum Gasteiger partial charge on any atom is -0.478 e. The summed E-state index contributed by atoms with van der Waals surface area (Å²) in [5.41, 5.74) is 1.76. The van der Waals surface area contributed by atoms with Crippen LogP contribution in [-0.2, 0) is 14.3 Å². The Balaban J connectivity index is 2.84. The normalized spacial score (nSPS) is 11.6. The van der Waals surface area contributed by atoms with Crippen molar-refractivity contribution in [3.63, 3.8) is 0 Å². The summed E-state index contributed by atoms with van der Waals surface area (Å²) in [6.45, 7) is 5.56. The van der Waals surface area contributed by atoms with Crippen molar-refractivity contribution in [3.05, 3.63) is 35.4 Å². The number of benzene rings is 1. The second kappa shape index (κ2) is 7.04. The van der Waals surface area contributed by atoms with Gasteiger partial charge in [0, 0.05) is 18.9 Å². The Hall–Kier alpha value is -2.14. The van der Waals surface area contributed by atoms with E-state index in [-0.39, 0.29) is 12.3 Å². The second-order valence-corrected chi connectivity index (χ2v) is 5.49. The fourth-order valence-corrected chi connectivity index (χ4v) is 1.81. The van der Waals surface area contributed by atoms with Gasteiger partial charge in [-0.3, -0.25) is 4.79 Å². The Bertz CT molecular complexity index is 561. The van der Waals surface area contributed by atoms with E-state index in [4.69, 9.17) is 9.84 Å². The number of carbonyl (C=O) groups is 2.